The van der Waals surface area contributed by atoms with Crippen LogP contribution in [0.2, 0.25) is 0 Å². The minimum absolute atomic E-state index is 0.0770. The van der Waals surface area contributed by atoms with Gasteiger partial charge in [0, 0.05) is 16.4 Å². The predicted octanol–water partition coefficient (Wildman–Crippen LogP) is 3.58. The van der Waals surface area contributed by atoms with Gasteiger partial charge in [-0.3, -0.25) is 4.79 Å². The maximum absolute atomic E-state index is 13.5. The molecular weight excluding hydrogens is 316 g/mol. The van der Waals surface area contributed by atoms with Crippen molar-refractivity contribution in [3.63, 3.8) is 0 Å². The van der Waals surface area contributed by atoms with Gasteiger partial charge in [-0.15, -0.1) is 0 Å². The van der Waals surface area contributed by atoms with Crippen molar-refractivity contribution in [3.05, 3.63) is 35.4 Å². The molecule has 0 aliphatic rings. The summed E-state index contributed by atoms with van der Waals surface area (Å²) in [6.45, 7) is 3.96. The summed E-state index contributed by atoms with van der Waals surface area (Å²) in [4.78, 5) is 11.9. The Morgan fingerprint density at radius 3 is 2.47 bits per heavy atom. The van der Waals surface area contributed by atoms with E-state index in [1.165, 1.54) is 12.1 Å². The van der Waals surface area contributed by atoms with Gasteiger partial charge >= 0.3 is 0 Å². The molecule has 1 rings (SSSR count). The van der Waals surface area contributed by atoms with Gasteiger partial charge in [0.15, 0.2) is 11.6 Å². The number of hydrogen-bond donors (Lipinski definition) is 1. The lowest BCUT2D eigenvalue weighted by atomic mass is 9.95. The van der Waals surface area contributed by atoms with E-state index in [0.717, 1.165) is 18.9 Å². The first-order valence-electron chi connectivity index (χ1n) is 6.28. The van der Waals surface area contributed by atoms with Crippen LogP contribution in [0.4, 0.5) is 8.78 Å². The highest BCUT2D eigenvalue weighted by atomic mass is 79.9. The highest BCUT2D eigenvalue weighted by Crippen LogP contribution is 2.19. The van der Waals surface area contributed by atoms with Gasteiger partial charge in [0.05, 0.1) is 6.42 Å². The molecular formula is C14H18BrF2NO. The molecule has 0 fully saturated rings. The third-order valence-electron chi connectivity index (χ3n) is 3.40. The quantitative estimate of drug-likeness (QED) is 0.792. The molecule has 0 aromatic heterocycles. The lowest BCUT2D eigenvalue weighted by molar-refractivity contribution is -0.122. The van der Waals surface area contributed by atoms with Crippen molar-refractivity contribution in [1.29, 1.82) is 0 Å². The first-order chi connectivity index (χ1) is 8.98. The molecule has 1 amide bonds. The first-order valence-corrected chi connectivity index (χ1v) is 7.40. The van der Waals surface area contributed by atoms with E-state index in [2.05, 4.69) is 21.2 Å². The Kier molecular flexibility index (Phi) is 5.91. The zero-order chi connectivity index (χ0) is 14.5. The summed E-state index contributed by atoms with van der Waals surface area (Å²) in [5.41, 5.74) is -0.255. The average molecular weight is 334 g/mol. The number of carbonyl (C=O) groups is 1. The van der Waals surface area contributed by atoms with E-state index in [1.807, 2.05) is 13.8 Å². The fourth-order valence-corrected chi connectivity index (χ4v) is 2.78. The number of nitrogens with one attached hydrogen (secondary N) is 1. The summed E-state index contributed by atoms with van der Waals surface area (Å²) in [5, 5.41) is 3.53. The van der Waals surface area contributed by atoms with E-state index in [0.29, 0.717) is 5.33 Å². The molecule has 2 nitrogen and oxygen atoms in total. The van der Waals surface area contributed by atoms with Gasteiger partial charge in [0.1, 0.15) is 0 Å². The largest absolute Gasteiger partial charge is 0.350 e. The first kappa shape index (κ1) is 16.1. The summed E-state index contributed by atoms with van der Waals surface area (Å²) in [6, 6.07) is 3.86. The SMILES string of the molecule is CCC(CC)(CBr)NC(=O)Cc1cccc(F)c1F. The van der Waals surface area contributed by atoms with Crippen LogP contribution in [0.3, 0.4) is 0 Å². The molecule has 0 atom stereocenters. The van der Waals surface area contributed by atoms with Crippen LogP contribution in [0.5, 0.6) is 0 Å². The highest BCUT2D eigenvalue weighted by molar-refractivity contribution is 9.09. The van der Waals surface area contributed by atoms with Crippen molar-refractivity contribution in [3.8, 4) is 0 Å². The third-order valence-corrected chi connectivity index (χ3v) is 4.47. The lowest BCUT2D eigenvalue weighted by Gasteiger charge is -2.31. The highest BCUT2D eigenvalue weighted by Gasteiger charge is 2.27. The second kappa shape index (κ2) is 6.98. The molecule has 0 saturated carbocycles. The summed E-state index contributed by atoms with van der Waals surface area (Å²) >= 11 is 3.38. The number of halogens is 3. The van der Waals surface area contributed by atoms with Crippen molar-refractivity contribution >= 4 is 21.8 Å². The molecule has 0 radical (unpaired) electrons. The van der Waals surface area contributed by atoms with Crippen LogP contribution < -0.4 is 5.32 Å². The Labute approximate surface area is 120 Å². The van der Waals surface area contributed by atoms with Crippen LogP contribution in [0.25, 0.3) is 0 Å². The van der Waals surface area contributed by atoms with Crippen molar-refractivity contribution in [1.82, 2.24) is 5.32 Å². The maximum Gasteiger partial charge on any atom is 0.224 e. The lowest BCUT2D eigenvalue weighted by Crippen LogP contribution is -2.49. The average Bonchev–Trinajstić information content (AvgIpc) is 2.41. The molecule has 0 spiro atoms. The number of amides is 1. The molecule has 0 heterocycles. The normalized spacial score (nSPS) is 11.4. The van der Waals surface area contributed by atoms with Crippen LogP contribution in [0.15, 0.2) is 18.2 Å². The smallest absolute Gasteiger partial charge is 0.224 e. The summed E-state index contributed by atoms with van der Waals surface area (Å²) in [6.07, 6.45) is 1.39. The van der Waals surface area contributed by atoms with E-state index in [-0.39, 0.29) is 23.4 Å². The van der Waals surface area contributed by atoms with Gasteiger partial charge in [0.25, 0.3) is 0 Å². The minimum atomic E-state index is -0.949. The van der Waals surface area contributed by atoms with Crippen LogP contribution >= 0.6 is 15.9 Å². The standard InChI is InChI=1S/C14H18BrF2NO/c1-3-14(4-2,9-15)18-12(19)8-10-6-5-7-11(16)13(10)17/h5-7H,3-4,8-9H2,1-2H3,(H,18,19). The Hall–Kier alpha value is -0.970. The van der Waals surface area contributed by atoms with Crippen LogP contribution in [0, 0.1) is 11.6 Å². The van der Waals surface area contributed by atoms with E-state index < -0.39 is 11.6 Å². The van der Waals surface area contributed by atoms with Crippen molar-refractivity contribution < 1.29 is 13.6 Å². The molecule has 0 saturated heterocycles. The van der Waals surface area contributed by atoms with Crippen molar-refractivity contribution in [2.24, 2.45) is 0 Å². The van der Waals surface area contributed by atoms with Crippen LogP contribution in [-0.2, 0) is 11.2 Å². The molecule has 0 aliphatic carbocycles. The Morgan fingerprint density at radius 2 is 1.95 bits per heavy atom. The zero-order valence-corrected chi connectivity index (χ0v) is 12.7. The van der Waals surface area contributed by atoms with Crippen molar-refractivity contribution in [2.75, 3.05) is 5.33 Å². The molecule has 0 bridgehead atoms. The molecule has 1 aromatic rings. The third kappa shape index (κ3) is 4.00. The van der Waals surface area contributed by atoms with Crippen LogP contribution in [0.1, 0.15) is 32.3 Å². The minimum Gasteiger partial charge on any atom is -0.350 e. The molecule has 19 heavy (non-hydrogen) atoms. The molecule has 106 valence electrons. The Bertz CT molecular complexity index is 439. The fraction of sp³-hybridized carbons (Fsp3) is 0.500. The van der Waals surface area contributed by atoms with Gasteiger partial charge in [-0.25, -0.2) is 8.78 Å². The number of rotatable bonds is 6. The Morgan fingerprint density at radius 1 is 1.32 bits per heavy atom. The topological polar surface area (TPSA) is 29.1 Å². The van der Waals surface area contributed by atoms with E-state index in [4.69, 9.17) is 0 Å². The predicted molar refractivity (Wildman–Crippen MR) is 75.3 cm³/mol. The van der Waals surface area contributed by atoms with Crippen LogP contribution in [-0.4, -0.2) is 16.8 Å². The number of benzene rings is 1. The fourth-order valence-electron chi connectivity index (χ4n) is 1.85. The number of alkyl halides is 1. The zero-order valence-electron chi connectivity index (χ0n) is 11.1. The van der Waals surface area contributed by atoms with Gasteiger partial charge in [0.2, 0.25) is 5.91 Å². The number of carbonyl (C=O) groups excluding carboxylic acids is 1. The van der Waals surface area contributed by atoms with E-state index >= 15 is 0 Å². The summed E-state index contributed by atoms with van der Waals surface area (Å²) in [7, 11) is 0. The van der Waals surface area contributed by atoms with E-state index in [9.17, 15) is 13.6 Å². The molecule has 5 heteroatoms. The number of hydrogen-bond acceptors (Lipinski definition) is 1. The van der Waals surface area contributed by atoms with Crippen molar-refractivity contribution in [2.45, 2.75) is 38.6 Å². The van der Waals surface area contributed by atoms with Gasteiger partial charge in [-0.1, -0.05) is 41.9 Å². The molecule has 0 unspecified atom stereocenters. The molecule has 1 aromatic carbocycles. The maximum atomic E-state index is 13.5. The van der Waals surface area contributed by atoms with Gasteiger partial charge < -0.3 is 5.32 Å². The van der Waals surface area contributed by atoms with E-state index in [1.54, 1.807) is 0 Å². The second-order valence-corrected chi connectivity index (χ2v) is 5.12. The van der Waals surface area contributed by atoms with Gasteiger partial charge in [-0.2, -0.15) is 0 Å². The Balaban J connectivity index is 2.78. The summed E-state index contributed by atoms with van der Waals surface area (Å²) in [5.74, 6) is -2.18. The monoisotopic (exact) mass is 333 g/mol. The molecule has 0 aliphatic heterocycles. The van der Waals surface area contributed by atoms with Gasteiger partial charge in [-0.05, 0) is 18.9 Å². The molecule has 1 N–H and O–H groups in total. The summed E-state index contributed by atoms with van der Waals surface area (Å²) < 4.78 is 26.5. The second-order valence-electron chi connectivity index (χ2n) is 4.56.